The van der Waals surface area contributed by atoms with E-state index in [0.717, 1.165) is 25.7 Å². The zero-order chi connectivity index (χ0) is 27.8. The molecular formula is C29H35N5O5. The predicted octanol–water partition coefficient (Wildman–Crippen LogP) is 3.37. The number of amides is 2. The number of ketones is 1. The smallest absolute Gasteiger partial charge is 0.324 e. The van der Waals surface area contributed by atoms with Crippen molar-refractivity contribution in [2.24, 2.45) is 18.9 Å². The Morgan fingerprint density at radius 2 is 1.79 bits per heavy atom. The van der Waals surface area contributed by atoms with Gasteiger partial charge in [0, 0.05) is 62.7 Å². The van der Waals surface area contributed by atoms with E-state index in [1.807, 2.05) is 13.8 Å². The number of hydrogen-bond acceptors (Lipinski definition) is 5. The van der Waals surface area contributed by atoms with Crippen molar-refractivity contribution < 1.29 is 9.59 Å². The molecule has 3 heterocycles. The van der Waals surface area contributed by atoms with E-state index >= 15 is 0 Å². The van der Waals surface area contributed by atoms with Crippen molar-refractivity contribution in [2.75, 3.05) is 18.4 Å². The molecule has 1 aliphatic heterocycles. The van der Waals surface area contributed by atoms with Crippen LogP contribution in [0.15, 0.2) is 50.9 Å². The molecule has 1 aliphatic carbocycles. The number of carbonyl (C=O) groups excluding carboxylic acids is 2. The van der Waals surface area contributed by atoms with Gasteiger partial charge in [0.05, 0.1) is 10.9 Å². The van der Waals surface area contributed by atoms with Gasteiger partial charge < -0.3 is 14.8 Å². The van der Waals surface area contributed by atoms with Gasteiger partial charge in [0.25, 0.3) is 5.56 Å². The number of Topliss-reactive ketones (excluding diaryl/α,β-unsaturated/α-hetero) is 1. The number of anilines is 1. The number of benzene rings is 1. The number of urea groups is 1. The lowest BCUT2D eigenvalue weighted by molar-refractivity contribution is 0.0930. The summed E-state index contributed by atoms with van der Waals surface area (Å²) in [5.41, 5.74) is 0.736. The summed E-state index contributed by atoms with van der Waals surface area (Å²) >= 11 is 0. The Morgan fingerprint density at radius 1 is 1.03 bits per heavy atom. The molecule has 3 aromatic rings. The number of rotatable bonds is 7. The normalized spacial score (nSPS) is 17.5. The first kappa shape index (κ1) is 26.6. The number of fused-ring (bicyclic) bond motifs is 1. The molecule has 1 unspecified atom stereocenters. The van der Waals surface area contributed by atoms with E-state index in [1.54, 1.807) is 47.0 Å². The van der Waals surface area contributed by atoms with Crippen LogP contribution >= 0.6 is 0 Å². The average molecular weight is 534 g/mol. The lowest BCUT2D eigenvalue weighted by Gasteiger charge is -2.32. The summed E-state index contributed by atoms with van der Waals surface area (Å²) in [6.07, 6.45) is 5.51. The zero-order valence-corrected chi connectivity index (χ0v) is 22.7. The fourth-order valence-electron chi connectivity index (χ4n) is 5.44. The van der Waals surface area contributed by atoms with Crippen LogP contribution in [-0.2, 0) is 13.6 Å². The minimum Gasteiger partial charge on any atom is -0.324 e. The first-order chi connectivity index (χ1) is 18.6. The van der Waals surface area contributed by atoms with Gasteiger partial charge in [0.1, 0.15) is 0 Å². The highest BCUT2D eigenvalue weighted by atomic mass is 16.2. The largest absolute Gasteiger partial charge is 0.331 e. The maximum absolute atomic E-state index is 13.3. The van der Waals surface area contributed by atoms with Gasteiger partial charge in [-0.2, -0.15) is 0 Å². The van der Waals surface area contributed by atoms with E-state index in [9.17, 15) is 24.0 Å². The number of likely N-dealkylation sites (tertiary alicyclic amines) is 1. The molecule has 10 nitrogen and oxygen atoms in total. The van der Waals surface area contributed by atoms with Gasteiger partial charge in [0.2, 0.25) is 5.56 Å². The number of pyridine rings is 1. The number of nitrogens with zero attached hydrogens (tertiary/aromatic N) is 4. The molecule has 2 amide bonds. The molecule has 1 atom stereocenters. The van der Waals surface area contributed by atoms with E-state index < -0.39 is 0 Å². The fourth-order valence-corrected chi connectivity index (χ4v) is 5.44. The molecule has 2 aliphatic rings. The topological polar surface area (TPSA) is 115 Å². The third kappa shape index (κ3) is 5.60. The molecule has 1 N–H and O–H groups in total. The highest BCUT2D eigenvalue weighted by Crippen LogP contribution is 2.30. The van der Waals surface area contributed by atoms with Crippen LogP contribution < -0.4 is 22.1 Å². The second-order valence-corrected chi connectivity index (χ2v) is 11.2. The number of piperidine rings is 1. The minimum absolute atomic E-state index is 0.0148. The lowest BCUT2D eigenvalue weighted by atomic mass is 9.91. The molecule has 1 saturated heterocycles. The van der Waals surface area contributed by atoms with Crippen LogP contribution in [-0.4, -0.2) is 43.5 Å². The SMILES string of the molecule is CC(C)n1c(=O)n(CC2CC2)c(=O)c2cc(NC(=O)N3CCCC(CC(=O)c4ccc(=O)n(C)c4)C3)ccc21. The molecule has 0 radical (unpaired) electrons. The Balaban J connectivity index is 1.32. The highest BCUT2D eigenvalue weighted by molar-refractivity contribution is 5.96. The van der Waals surface area contributed by atoms with Gasteiger partial charge in [-0.25, -0.2) is 9.59 Å². The van der Waals surface area contributed by atoms with Gasteiger partial charge in [-0.1, -0.05) is 0 Å². The third-order valence-corrected chi connectivity index (χ3v) is 7.76. The minimum atomic E-state index is -0.329. The van der Waals surface area contributed by atoms with Gasteiger partial charge in [-0.05, 0) is 75.6 Å². The monoisotopic (exact) mass is 533 g/mol. The molecule has 10 heteroatoms. The van der Waals surface area contributed by atoms with Crippen molar-refractivity contribution >= 4 is 28.4 Å². The first-order valence-electron chi connectivity index (χ1n) is 13.7. The Bertz CT molecular complexity index is 1610. The highest BCUT2D eigenvalue weighted by Gasteiger charge is 2.27. The second-order valence-electron chi connectivity index (χ2n) is 11.2. The van der Waals surface area contributed by atoms with Gasteiger partial charge in [-0.15, -0.1) is 0 Å². The summed E-state index contributed by atoms with van der Waals surface area (Å²) < 4.78 is 4.36. The summed E-state index contributed by atoms with van der Waals surface area (Å²) in [5, 5.41) is 3.32. The quantitative estimate of drug-likeness (QED) is 0.468. The Labute approximate surface area is 225 Å². The molecule has 206 valence electrons. The number of aromatic nitrogens is 3. The van der Waals surface area contributed by atoms with Crippen LogP contribution in [0.25, 0.3) is 10.9 Å². The van der Waals surface area contributed by atoms with Crippen molar-refractivity contribution in [3.8, 4) is 0 Å². The van der Waals surface area contributed by atoms with Crippen LogP contribution in [0.4, 0.5) is 10.5 Å². The van der Waals surface area contributed by atoms with Crippen LogP contribution in [0.5, 0.6) is 0 Å². The summed E-state index contributed by atoms with van der Waals surface area (Å²) in [5.74, 6) is 0.330. The number of nitrogens with one attached hydrogen (secondary N) is 1. The van der Waals surface area contributed by atoms with Crippen LogP contribution in [0.2, 0.25) is 0 Å². The molecule has 5 rings (SSSR count). The number of aryl methyl sites for hydroxylation is 1. The van der Waals surface area contributed by atoms with E-state index in [2.05, 4.69) is 5.32 Å². The summed E-state index contributed by atoms with van der Waals surface area (Å²) in [7, 11) is 1.61. The Hall–Kier alpha value is -3.95. The van der Waals surface area contributed by atoms with Crippen LogP contribution in [0.3, 0.4) is 0 Å². The zero-order valence-electron chi connectivity index (χ0n) is 22.7. The van der Waals surface area contributed by atoms with E-state index in [1.165, 1.54) is 15.2 Å². The molecule has 39 heavy (non-hydrogen) atoms. The maximum atomic E-state index is 13.3. The molecule has 0 bridgehead atoms. The number of carbonyl (C=O) groups is 2. The standard InChI is InChI=1S/C29H35N5O5/c1-18(2)34-24-10-9-22(14-23(24)27(37)33(29(34)39)16-19-6-7-19)30-28(38)32-12-4-5-20(15-32)13-25(35)21-8-11-26(36)31(3)17-21/h8-11,14,17-20H,4-7,12-13,15-16H2,1-3H3,(H,30,38). The molecule has 1 aromatic carbocycles. The van der Waals surface area contributed by atoms with Gasteiger partial charge >= 0.3 is 11.7 Å². The van der Waals surface area contributed by atoms with Gasteiger partial charge in [0.15, 0.2) is 5.78 Å². The first-order valence-corrected chi connectivity index (χ1v) is 13.7. The van der Waals surface area contributed by atoms with E-state index in [0.29, 0.717) is 54.1 Å². The third-order valence-electron chi connectivity index (χ3n) is 7.76. The Kier molecular flexibility index (Phi) is 7.29. The average Bonchev–Trinajstić information content (AvgIpc) is 3.73. The van der Waals surface area contributed by atoms with E-state index in [-0.39, 0.29) is 40.6 Å². The van der Waals surface area contributed by atoms with Crippen LogP contribution in [0.1, 0.15) is 62.4 Å². The Morgan fingerprint density at radius 3 is 2.49 bits per heavy atom. The van der Waals surface area contributed by atoms with Crippen molar-refractivity contribution in [2.45, 2.75) is 58.5 Å². The summed E-state index contributed by atoms with van der Waals surface area (Å²) in [6.45, 7) is 5.27. The second kappa shape index (κ2) is 10.7. The lowest BCUT2D eigenvalue weighted by Crippen LogP contribution is -2.43. The summed E-state index contributed by atoms with van der Waals surface area (Å²) in [6, 6.07) is 7.62. The molecule has 1 saturated carbocycles. The van der Waals surface area contributed by atoms with E-state index in [4.69, 9.17) is 0 Å². The van der Waals surface area contributed by atoms with Crippen molar-refractivity contribution in [1.82, 2.24) is 18.6 Å². The number of hydrogen-bond donors (Lipinski definition) is 1. The molecule has 2 aromatic heterocycles. The fraction of sp³-hybridized carbons (Fsp3) is 0.483. The molecular weight excluding hydrogens is 498 g/mol. The predicted molar refractivity (Wildman–Crippen MR) is 150 cm³/mol. The molecule has 0 spiro atoms. The maximum Gasteiger partial charge on any atom is 0.331 e. The summed E-state index contributed by atoms with van der Waals surface area (Å²) in [4.78, 5) is 65.7. The van der Waals surface area contributed by atoms with Crippen molar-refractivity contribution in [3.63, 3.8) is 0 Å². The van der Waals surface area contributed by atoms with Gasteiger partial charge in [-0.3, -0.25) is 23.5 Å². The van der Waals surface area contributed by atoms with Crippen molar-refractivity contribution in [1.29, 1.82) is 0 Å². The van der Waals surface area contributed by atoms with Crippen molar-refractivity contribution in [3.05, 3.63) is 73.3 Å². The molecule has 2 fully saturated rings. The van der Waals surface area contributed by atoms with Crippen LogP contribution in [0, 0.1) is 11.8 Å².